The highest BCUT2D eigenvalue weighted by molar-refractivity contribution is 5.80. The summed E-state index contributed by atoms with van der Waals surface area (Å²) in [5.41, 5.74) is 10.9. The van der Waals surface area contributed by atoms with E-state index in [4.69, 9.17) is 10.5 Å². The number of aryl methyl sites for hydroxylation is 1. The van der Waals surface area contributed by atoms with E-state index in [0.717, 1.165) is 47.2 Å². The molecule has 0 bridgehead atoms. The van der Waals surface area contributed by atoms with Gasteiger partial charge >= 0.3 is 0 Å². The Hall–Kier alpha value is -2.36. The monoisotopic (exact) mass is 283 g/mol. The molecule has 2 aromatic rings. The van der Waals surface area contributed by atoms with Gasteiger partial charge in [0.2, 0.25) is 0 Å². The highest BCUT2D eigenvalue weighted by Gasteiger charge is 2.18. The molecule has 4 nitrogen and oxygen atoms in total. The molecule has 0 saturated carbocycles. The van der Waals surface area contributed by atoms with Gasteiger partial charge in [-0.3, -0.25) is 0 Å². The molecule has 21 heavy (non-hydrogen) atoms. The minimum atomic E-state index is 0.771. The molecule has 110 valence electrons. The van der Waals surface area contributed by atoms with Gasteiger partial charge in [0.1, 0.15) is 0 Å². The van der Waals surface area contributed by atoms with Gasteiger partial charge < -0.3 is 20.7 Å². The molecule has 4 heteroatoms. The number of fused-ring (bicyclic) bond motifs is 2. The molecule has 3 N–H and O–H groups in total. The van der Waals surface area contributed by atoms with Gasteiger partial charge in [0.05, 0.1) is 11.4 Å². The van der Waals surface area contributed by atoms with E-state index < -0.39 is 0 Å². The lowest BCUT2D eigenvalue weighted by atomic mass is 10.1. The third kappa shape index (κ3) is 2.37. The standard InChI is InChI=1S/C17H21N3O/c1-4-20(5-2)12-6-7-16-14(9-12)19-15-10-13(18)11(3)8-17(15)21-16/h6-10,19H,4-5,18H2,1-3H3. The zero-order valence-electron chi connectivity index (χ0n) is 12.7. The second kappa shape index (κ2) is 5.20. The fourth-order valence-electron chi connectivity index (χ4n) is 2.63. The smallest absolute Gasteiger partial charge is 0.151 e. The van der Waals surface area contributed by atoms with Crippen LogP contribution in [0.5, 0.6) is 11.5 Å². The van der Waals surface area contributed by atoms with Crippen LogP contribution in [0, 0.1) is 6.92 Å². The minimum absolute atomic E-state index is 0.771. The van der Waals surface area contributed by atoms with E-state index in [1.54, 1.807) is 0 Å². The van der Waals surface area contributed by atoms with Crippen LogP contribution in [0.3, 0.4) is 0 Å². The highest BCUT2D eigenvalue weighted by atomic mass is 16.5. The Kier molecular flexibility index (Phi) is 3.37. The average molecular weight is 283 g/mol. The van der Waals surface area contributed by atoms with Gasteiger partial charge in [0, 0.05) is 24.5 Å². The van der Waals surface area contributed by atoms with Crippen molar-refractivity contribution in [3.8, 4) is 11.5 Å². The molecule has 0 unspecified atom stereocenters. The number of hydrogen-bond donors (Lipinski definition) is 2. The number of hydrogen-bond acceptors (Lipinski definition) is 4. The van der Waals surface area contributed by atoms with Crippen LogP contribution in [0.4, 0.5) is 22.7 Å². The van der Waals surface area contributed by atoms with Crippen LogP contribution in [0.2, 0.25) is 0 Å². The summed E-state index contributed by atoms with van der Waals surface area (Å²) in [6.07, 6.45) is 0. The molecule has 0 spiro atoms. The summed E-state index contributed by atoms with van der Waals surface area (Å²) in [5.74, 6) is 1.67. The molecule has 0 saturated heterocycles. The van der Waals surface area contributed by atoms with Crippen molar-refractivity contribution in [1.82, 2.24) is 0 Å². The summed E-state index contributed by atoms with van der Waals surface area (Å²) >= 11 is 0. The van der Waals surface area contributed by atoms with Crippen molar-refractivity contribution in [2.24, 2.45) is 0 Å². The fourth-order valence-corrected chi connectivity index (χ4v) is 2.63. The highest BCUT2D eigenvalue weighted by Crippen LogP contribution is 2.44. The quantitative estimate of drug-likeness (QED) is 0.705. The van der Waals surface area contributed by atoms with Crippen LogP contribution in [0.1, 0.15) is 19.4 Å². The largest absolute Gasteiger partial charge is 0.453 e. The first kappa shape index (κ1) is 13.6. The Balaban J connectivity index is 1.98. The lowest BCUT2D eigenvalue weighted by Gasteiger charge is -2.26. The second-order valence-corrected chi connectivity index (χ2v) is 5.28. The van der Waals surface area contributed by atoms with E-state index >= 15 is 0 Å². The maximum atomic E-state index is 5.98. The Morgan fingerprint density at radius 3 is 2.48 bits per heavy atom. The van der Waals surface area contributed by atoms with Gasteiger partial charge in [0.25, 0.3) is 0 Å². The first-order valence-electron chi connectivity index (χ1n) is 7.36. The number of rotatable bonds is 3. The van der Waals surface area contributed by atoms with E-state index in [2.05, 4.69) is 36.2 Å². The van der Waals surface area contributed by atoms with E-state index in [1.165, 1.54) is 5.69 Å². The van der Waals surface area contributed by atoms with Crippen molar-refractivity contribution in [1.29, 1.82) is 0 Å². The van der Waals surface area contributed by atoms with E-state index in [0.29, 0.717) is 0 Å². The van der Waals surface area contributed by atoms with Crippen molar-refractivity contribution in [2.75, 3.05) is 29.0 Å². The van der Waals surface area contributed by atoms with Gasteiger partial charge in [0.15, 0.2) is 11.5 Å². The maximum absolute atomic E-state index is 5.98. The SMILES string of the molecule is CCN(CC)c1ccc2c(c1)Nc1cc(N)c(C)cc1O2. The predicted molar refractivity (Wildman–Crippen MR) is 89.0 cm³/mol. The number of nitrogens with two attached hydrogens (primary N) is 1. The van der Waals surface area contributed by atoms with E-state index in [9.17, 15) is 0 Å². The number of nitrogens with one attached hydrogen (secondary N) is 1. The second-order valence-electron chi connectivity index (χ2n) is 5.28. The molecule has 3 rings (SSSR count). The van der Waals surface area contributed by atoms with Gasteiger partial charge in [-0.15, -0.1) is 0 Å². The molecule has 1 aliphatic heterocycles. The molecule has 0 atom stereocenters. The topological polar surface area (TPSA) is 50.5 Å². The van der Waals surface area contributed by atoms with Crippen LogP contribution in [-0.2, 0) is 0 Å². The predicted octanol–water partition coefficient (Wildman–Crippen LogP) is 4.27. The number of nitrogens with zero attached hydrogens (tertiary/aromatic N) is 1. The molecule has 1 heterocycles. The third-order valence-electron chi connectivity index (χ3n) is 3.95. The van der Waals surface area contributed by atoms with E-state index in [-0.39, 0.29) is 0 Å². The molecule has 1 aliphatic rings. The molecular formula is C17H21N3O. The normalized spacial score (nSPS) is 12.0. The summed E-state index contributed by atoms with van der Waals surface area (Å²) in [5, 5.41) is 3.42. The summed E-state index contributed by atoms with van der Waals surface area (Å²) < 4.78 is 5.98. The molecule has 0 aliphatic carbocycles. The Labute approximate surface area is 125 Å². The van der Waals surface area contributed by atoms with Crippen molar-refractivity contribution < 1.29 is 4.74 Å². The third-order valence-corrected chi connectivity index (χ3v) is 3.95. The van der Waals surface area contributed by atoms with Crippen molar-refractivity contribution in [3.63, 3.8) is 0 Å². The van der Waals surface area contributed by atoms with Crippen LogP contribution in [0.15, 0.2) is 30.3 Å². The summed E-state index contributed by atoms with van der Waals surface area (Å²) in [4.78, 5) is 2.31. The lowest BCUT2D eigenvalue weighted by Crippen LogP contribution is -2.21. The Bertz CT molecular complexity index is 678. The number of nitrogen functional groups attached to an aromatic ring is 1. The molecule has 0 radical (unpaired) electrons. The molecule has 2 aromatic carbocycles. The summed E-state index contributed by atoms with van der Waals surface area (Å²) in [6.45, 7) is 8.27. The van der Waals surface area contributed by atoms with Crippen molar-refractivity contribution >= 4 is 22.7 Å². The fraction of sp³-hybridized carbons (Fsp3) is 0.294. The van der Waals surface area contributed by atoms with Crippen LogP contribution in [0.25, 0.3) is 0 Å². The van der Waals surface area contributed by atoms with Gasteiger partial charge in [-0.25, -0.2) is 0 Å². The average Bonchev–Trinajstić information content (AvgIpc) is 2.48. The lowest BCUT2D eigenvalue weighted by molar-refractivity contribution is 0.481. The zero-order valence-corrected chi connectivity index (χ0v) is 12.7. The Morgan fingerprint density at radius 2 is 1.76 bits per heavy atom. The van der Waals surface area contributed by atoms with Crippen molar-refractivity contribution in [3.05, 3.63) is 35.9 Å². The van der Waals surface area contributed by atoms with Crippen LogP contribution < -0.4 is 20.7 Å². The Morgan fingerprint density at radius 1 is 1.05 bits per heavy atom. The summed E-state index contributed by atoms with van der Waals surface area (Å²) in [6, 6.07) is 10.1. The number of anilines is 4. The maximum Gasteiger partial charge on any atom is 0.151 e. The summed E-state index contributed by atoms with van der Waals surface area (Å²) in [7, 11) is 0. The van der Waals surface area contributed by atoms with Crippen LogP contribution >= 0.6 is 0 Å². The van der Waals surface area contributed by atoms with Gasteiger partial charge in [-0.05, 0) is 56.7 Å². The minimum Gasteiger partial charge on any atom is -0.453 e. The number of ether oxygens (including phenoxy) is 1. The zero-order chi connectivity index (χ0) is 15.0. The first-order valence-corrected chi connectivity index (χ1v) is 7.36. The van der Waals surface area contributed by atoms with Gasteiger partial charge in [-0.1, -0.05) is 0 Å². The molecule has 0 fully saturated rings. The number of benzene rings is 2. The van der Waals surface area contributed by atoms with Gasteiger partial charge in [-0.2, -0.15) is 0 Å². The van der Waals surface area contributed by atoms with Crippen molar-refractivity contribution in [2.45, 2.75) is 20.8 Å². The molecule has 0 aromatic heterocycles. The first-order chi connectivity index (χ1) is 10.1. The molecule has 0 amide bonds. The van der Waals surface area contributed by atoms with Crippen LogP contribution in [-0.4, -0.2) is 13.1 Å². The molecular weight excluding hydrogens is 262 g/mol. The van der Waals surface area contributed by atoms with E-state index in [1.807, 2.05) is 25.1 Å².